The SMILES string of the molecule is CC(=O)Oc1ccc(C=Nc2cc(S(=O)(=O)c3ccc(O)c(N=Cc4ccc(OC(C)=O)cc4)c3)ccc2O)cc1. The van der Waals surface area contributed by atoms with Crippen LogP contribution in [0.4, 0.5) is 11.4 Å². The molecule has 4 aromatic carbocycles. The van der Waals surface area contributed by atoms with Gasteiger partial charge >= 0.3 is 11.9 Å². The Morgan fingerprint density at radius 2 is 1.00 bits per heavy atom. The molecular formula is C30H24N2O8S. The van der Waals surface area contributed by atoms with Crippen LogP contribution in [0.2, 0.25) is 0 Å². The van der Waals surface area contributed by atoms with E-state index < -0.39 is 21.8 Å². The van der Waals surface area contributed by atoms with Crippen molar-refractivity contribution in [3.63, 3.8) is 0 Å². The van der Waals surface area contributed by atoms with Gasteiger partial charge in [-0.05, 0) is 96.1 Å². The molecule has 0 saturated heterocycles. The maximum absolute atomic E-state index is 13.4. The number of rotatable bonds is 8. The van der Waals surface area contributed by atoms with E-state index in [0.29, 0.717) is 22.6 Å². The zero-order valence-electron chi connectivity index (χ0n) is 21.9. The summed E-state index contributed by atoms with van der Waals surface area (Å²) in [5, 5.41) is 20.5. The lowest BCUT2D eigenvalue weighted by Crippen LogP contribution is -2.02. The summed E-state index contributed by atoms with van der Waals surface area (Å²) in [6.07, 6.45) is 2.85. The lowest BCUT2D eigenvalue weighted by atomic mass is 10.2. The molecule has 0 aliphatic carbocycles. The van der Waals surface area contributed by atoms with Crippen LogP contribution in [0.3, 0.4) is 0 Å². The quantitative estimate of drug-likeness (QED) is 0.164. The average Bonchev–Trinajstić information content (AvgIpc) is 2.93. The molecule has 10 nitrogen and oxygen atoms in total. The summed E-state index contributed by atoms with van der Waals surface area (Å²) in [7, 11) is -4.08. The molecule has 0 heterocycles. The van der Waals surface area contributed by atoms with Crippen LogP contribution in [0.15, 0.2) is 105 Å². The van der Waals surface area contributed by atoms with Crippen molar-refractivity contribution < 1.29 is 37.7 Å². The van der Waals surface area contributed by atoms with Crippen LogP contribution in [-0.2, 0) is 19.4 Å². The number of carbonyl (C=O) groups excluding carboxylic acids is 2. The van der Waals surface area contributed by atoms with E-state index in [1.54, 1.807) is 48.5 Å². The smallest absolute Gasteiger partial charge is 0.308 e. The molecule has 11 heteroatoms. The normalized spacial score (nSPS) is 11.6. The highest BCUT2D eigenvalue weighted by atomic mass is 32.2. The highest BCUT2D eigenvalue weighted by Gasteiger charge is 2.20. The first-order chi connectivity index (χ1) is 19.5. The van der Waals surface area contributed by atoms with Gasteiger partial charge in [0.05, 0.1) is 9.79 Å². The van der Waals surface area contributed by atoms with E-state index in [2.05, 4.69) is 9.98 Å². The molecule has 208 valence electrons. The third kappa shape index (κ3) is 7.43. The van der Waals surface area contributed by atoms with Crippen LogP contribution in [0.25, 0.3) is 0 Å². The fourth-order valence-corrected chi connectivity index (χ4v) is 4.85. The molecule has 4 aromatic rings. The van der Waals surface area contributed by atoms with Crippen molar-refractivity contribution in [3.05, 3.63) is 96.1 Å². The third-order valence-corrected chi connectivity index (χ3v) is 7.25. The lowest BCUT2D eigenvalue weighted by molar-refractivity contribution is -0.132. The summed E-state index contributed by atoms with van der Waals surface area (Å²) < 4.78 is 36.8. The first-order valence-electron chi connectivity index (χ1n) is 12.1. The molecule has 0 radical (unpaired) electrons. The molecule has 0 atom stereocenters. The number of sulfone groups is 1. The van der Waals surface area contributed by atoms with Crippen molar-refractivity contribution in [1.82, 2.24) is 0 Å². The average molecular weight is 573 g/mol. The van der Waals surface area contributed by atoms with Crippen LogP contribution in [-0.4, -0.2) is 43.0 Å². The van der Waals surface area contributed by atoms with Crippen molar-refractivity contribution in [3.8, 4) is 23.0 Å². The molecule has 41 heavy (non-hydrogen) atoms. The molecule has 0 bridgehead atoms. The molecule has 0 unspecified atom stereocenters. The predicted molar refractivity (Wildman–Crippen MR) is 152 cm³/mol. The number of hydrogen-bond donors (Lipinski definition) is 2. The van der Waals surface area contributed by atoms with Gasteiger partial charge in [-0.2, -0.15) is 0 Å². The fraction of sp³-hybridized carbons (Fsp3) is 0.0667. The van der Waals surface area contributed by atoms with Crippen molar-refractivity contribution >= 4 is 45.6 Å². The Balaban J connectivity index is 1.57. The number of ether oxygens (including phenoxy) is 2. The standard InChI is InChI=1S/C30H24N2O8S/c1-19(33)39-23-7-3-21(4-8-23)17-31-27-15-25(11-13-29(27)35)41(37,38)26-12-14-30(36)28(16-26)32-18-22-5-9-24(10-6-22)40-20(2)34/h3-18,35-36H,1-2H3. The predicted octanol–water partition coefficient (Wildman–Crippen LogP) is 5.28. The molecular weight excluding hydrogens is 548 g/mol. The molecule has 2 N–H and O–H groups in total. The number of nitrogens with zero attached hydrogens (tertiary/aromatic N) is 2. The van der Waals surface area contributed by atoms with E-state index >= 15 is 0 Å². The van der Waals surface area contributed by atoms with Gasteiger partial charge in [0, 0.05) is 26.3 Å². The number of hydrogen-bond acceptors (Lipinski definition) is 10. The van der Waals surface area contributed by atoms with Crippen LogP contribution >= 0.6 is 0 Å². The molecule has 0 fully saturated rings. The second-order valence-electron chi connectivity index (χ2n) is 8.65. The Labute approximate surface area is 235 Å². The number of carbonyl (C=O) groups is 2. The summed E-state index contributed by atoms with van der Waals surface area (Å²) in [5.74, 6) is -0.635. The van der Waals surface area contributed by atoms with E-state index in [0.717, 1.165) is 0 Å². The van der Waals surface area contributed by atoms with Gasteiger partial charge in [-0.3, -0.25) is 19.6 Å². The van der Waals surface area contributed by atoms with Gasteiger partial charge < -0.3 is 19.7 Å². The van der Waals surface area contributed by atoms with Gasteiger partial charge in [-0.1, -0.05) is 0 Å². The summed E-state index contributed by atoms with van der Waals surface area (Å²) >= 11 is 0. The summed E-state index contributed by atoms with van der Waals surface area (Å²) in [6, 6.07) is 20.3. The van der Waals surface area contributed by atoms with Gasteiger partial charge in [-0.25, -0.2) is 8.42 Å². The second-order valence-corrected chi connectivity index (χ2v) is 10.6. The Hall–Kier alpha value is -5.29. The zero-order valence-corrected chi connectivity index (χ0v) is 22.7. The minimum atomic E-state index is -4.08. The largest absolute Gasteiger partial charge is 0.506 e. The minimum Gasteiger partial charge on any atom is -0.506 e. The highest BCUT2D eigenvalue weighted by Crippen LogP contribution is 2.35. The summed E-state index contributed by atoms with van der Waals surface area (Å²) in [5.41, 5.74) is 1.28. The van der Waals surface area contributed by atoms with Crippen molar-refractivity contribution in [1.29, 1.82) is 0 Å². The Morgan fingerprint density at radius 1 is 0.634 bits per heavy atom. The van der Waals surface area contributed by atoms with E-state index in [1.807, 2.05) is 0 Å². The van der Waals surface area contributed by atoms with Crippen LogP contribution < -0.4 is 9.47 Å². The molecule has 0 saturated carbocycles. The Morgan fingerprint density at radius 3 is 1.34 bits per heavy atom. The summed E-state index contributed by atoms with van der Waals surface area (Å²) in [4.78, 5) is 30.3. The maximum Gasteiger partial charge on any atom is 0.308 e. The van der Waals surface area contributed by atoms with E-state index in [9.17, 15) is 28.2 Å². The van der Waals surface area contributed by atoms with Crippen molar-refractivity contribution in [2.45, 2.75) is 23.6 Å². The Kier molecular flexibility index (Phi) is 8.59. The van der Waals surface area contributed by atoms with Gasteiger partial charge in [0.25, 0.3) is 0 Å². The van der Waals surface area contributed by atoms with Gasteiger partial charge in [-0.15, -0.1) is 0 Å². The molecule has 0 spiro atoms. The number of phenols is 2. The number of aromatic hydroxyl groups is 2. The van der Waals surface area contributed by atoms with Crippen molar-refractivity contribution in [2.24, 2.45) is 9.98 Å². The monoisotopic (exact) mass is 572 g/mol. The lowest BCUT2D eigenvalue weighted by Gasteiger charge is -2.08. The van der Waals surface area contributed by atoms with E-state index in [1.165, 1.54) is 62.7 Å². The molecule has 0 aliphatic heterocycles. The van der Waals surface area contributed by atoms with Crippen LogP contribution in [0.1, 0.15) is 25.0 Å². The highest BCUT2D eigenvalue weighted by molar-refractivity contribution is 7.91. The van der Waals surface area contributed by atoms with E-state index in [-0.39, 0.29) is 32.7 Å². The second kappa shape index (κ2) is 12.3. The maximum atomic E-state index is 13.4. The Bertz CT molecular complexity index is 1640. The minimum absolute atomic E-state index is 0.0179. The van der Waals surface area contributed by atoms with Gasteiger partial charge in [0.1, 0.15) is 34.4 Å². The number of benzene rings is 4. The first-order valence-corrected chi connectivity index (χ1v) is 13.6. The van der Waals surface area contributed by atoms with Crippen LogP contribution in [0, 0.1) is 0 Å². The van der Waals surface area contributed by atoms with Crippen LogP contribution in [0.5, 0.6) is 23.0 Å². The first kappa shape index (κ1) is 28.7. The van der Waals surface area contributed by atoms with Gasteiger partial charge in [0.2, 0.25) is 9.84 Å². The number of aliphatic imine (C=N–C) groups is 2. The zero-order chi connectivity index (χ0) is 29.6. The topological polar surface area (TPSA) is 152 Å². The number of phenolic OH excluding ortho intramolecular Hbond substituents is 2. The fourth-order valence-electron chi connectivity index (χ4n) is 3.55. The van der Waals surface area contributed by atoms with Gasteiger partial charge in [0.15, 0.2) is 0 Å². The molecule has 0 aliphatic rings. The molecule has 0 aromatic heterocycles. The van der Waals surface area contributed by atoms with E-state index in [4.69, 9.17) is 9.47 Å². The van der Waals surface area contributed by atoms with Crippen molar-refractivity contribution in [2.75, 3.05) is 0 Å². The number of esters is 2. The molecule has 0 amide bonds. The molecule has 4 rings (SSSR count). The third-order valence-electron chi connectivity index (χ3n) is 5.50. The summed E-state index contributed by atoms with van der Waals surface area (Å²) in [6.45, 7) is 2.58.